The Morgan fingerprint density at radius 1 is 1.26 bits per heavy atom. The lowest BCUT2D eigenvalue weighted by Crippen LogP contribution is -2.35. The van der Waals surface area contributed by atoms with Crippen molar-refractivity contribution in [3.8, 4) is 5.75 Å². The summed E-state index contributed by atoms with van der Waals surface area (Å²) in [7, 11) is 1.75. The van der Waals surface area contributed by atoms with E-state index in [2.05, 4.69) is 21.2 Å². The zero-order valence-electron chi connectivity index (χ0n) is 17.8. The topological polar surface area (TPSA) is 81.7 Å². The van der Waals surface area contributed by atoms with Crippen molar-refractivity contribution in [3.05, 3.63) is 53.2 Å². The lowest BCUT2D eigenvalue weighted by atomic mass is 10.1. The van der Waals surface area contributed by atoms with E-state index < -0.39 is 0 Å². The number of nitrogens with zero attached hydrogens (tertiary/aromatic N) is 3. The summed E-state index contributed by atoms with van der Waals surface area (Å²) in [5.41, 5.74) is 3.99. The van der Waals surface area contributed by atoms with Gasteiger partial charge in [0.25, 0.3) is 5.91 Å². The summed E-state index contributed by atoms with van der Waals surface area (Å²) >= 11 is 0. The van der Waals surface area contributed by atoms with Gasteiger partial charge in [-0.2, -0.15) is 5.10 Å². The van der Waals surface area contributed by atoms with Crippen molar-refractivity contribution in [1.29, 1.82) is 0 Å². The number of anilines is 1. The first-order chi connectivity index (χ1) is 15.1. The molecule has 1 aromatic heterocycles. The van der Waals surface area contributed by atoms with Gasteiger partial charge in [-0.1, -0.05) is 12.1 Å². The van der Waals surface area contributed by atoms with Gasteiger partial charge in [0, 0.05) is 43.8 Å². The van der Waals surface area contributed by atoms with Crippen LogP contribution in [0.5, 0.6) is 5.75 Å². The fourth-order valence-corrected chi connectivity index (χ4v) is 4.21. The number of fused-ring (bicyclic) bond motifs is 1. The second kappa shape index (κ2) is 8.32. The zero-order valence-corrected chi connectivity index (χ0v) is 17.8. The molecule has 5 rings (SSSR count). The van der Waals surface area contributed by atoms with E-state index in [0.29, 0.717) is 11.5 Å². The number of benzene rings is 2. The molecule has 1 saturated heterocycles. The monoisotopic (exact) mass is 420 g/mol. The van der Waals surface area contributed by atoms with Crippen molar-refractivity contribution in [3.63, 3.8) is 0 Å². The molecule has 1 saturated carbocycles. The molecule has 0 radical (unpaired) electrons. The third kappa shape index (κ3) is 4.29. The molecule has 2 fully saturated rings. The number of carbonyl (C=O) groups excluding carboxylic acids is 1. The molecular formula is C24H28N4O3. The molecule has 7 heteroatoms. The standard InChI is InChI=1S/C24H28N4O3/c1-27(18-4-2-3-17(11-18)15-28-7-9-31-10-8-28)24(30)20-13-19-21(12-16-5-6-16)25-26-22(19)14-23(20)29/h2-4,11,13-14,16,29H,5-10,12,15H2,1H3,(H,25,26). The number of carbonyl (C=O) groups is 1. The highest BCUT2D eigenvalue weighted by atomic mass is 16.5. The molecule has 1 amide bonds. The van der Waals surface area contributed by atoms with Gasteiger partial charge in [-0.25, -0.2) is 0 Å². The first kappa shape index (κ1) is 20.0. The molecule has 2 aliphatic rings. The van der Waals surface area contributed by atoms with E-state index in [9.17, 15) is 9.90 Å². The Kier molecular flexibility index (Phi) is 5.38. The number of phenolic OH excluding ortho intramolecular Hbond substituents is 1. The quantitative estimate of drug-likeness (QED) is 0.639. The number of hydrogen-bond acceptors (Lipinski definition) is 5. The molecule has 2 heterocycles. The maximum Gasteiger partial charge on any atom is 0.261 e. The summed E-state index contributed by atoms with van der Waals surface area (Å²) in [5, 5.41) is 18.9. The molecule has 7 nitrogen and oxygen atoms in total. The average molecular weight is 421 g/mol. The molecule has 2 N–H and O–H groups in total. The fraction of sp³-hybridized carbons (Fsp3) is 0.417. The summed E-state index contributed by atoms with van der Waals surface area (Å²) in [5.74, 6) is 0.424. The number of aromatic nitrogens is 2. The van der Waals surface area contributed by atoms with Crippen LogP contribution in [-0.4, -0.2) is 59.5 Å². The Balaban J connectivity index is 1.38. The number of hydrogen-bond donors (Lipinski definition) is 2. The van der Waals surface area contributed by atoms with Gasteiger partial charge in [0.15, 0.2) is 0 Å². The van der Waals surface area contributed by atoms with Crippen molar-refractivity contribution >= 4 is 22.5 Å². The number of phenols is 1. The summed E-state index contributed by atoms with van der Waals surface area (Å²) in [6, 6.07) is 11.4. The highest BCUT2D eigenvalue weighted by Crippen LogP contribution is 2.35. The van der Waals surface area contributed by atoms with E-state index in [1.807, 2.05) is 18.2 Å². The zero-order chi connectivity index (χ0) is 21.4. The van der Waals surface area contributed by atoms with Gasteiger partial charge in [-0.3, -0.25) is 14.8 Å². The molecule has 1 aliphatic carbocycles. The Morgan fingerprint density at radius 2 is 2.06 bits per heavy atom. The highest BCUT2D eigenvalue weighted by molar-refractivity contribution is 6.09. The van der Waals surface area contributed by atoms with Crippen molar-refractivity contribution < 1.29 is 14.6 Å². The summed E-state index contributed by atoms with van der Waals surface area (Å²) in [6.45, 7) is 4.19. The van der Waals surface area contributed by atoms with Crippen LogP contribution < -0.4 is 4.90 Å². The second-order valence-corrected chi connectivity index (χ2v) is 8.66. The summed E-state index contributed by atoms with van der Waals surface area (Å²) < 4.78 is 5.42. The van der Waals surface area contributed by atoms with Gasteiger partial charge in [0.1, 0.15) is 5.75 Å². The number of ether oxygens (including phenoxy) is 1. The Bertz CT molecular complexity index is 1100. The smallest absolute Gasteiger partial charge is 0.261 e. The van der Waals surface area contributed by atoms with Crippen LogP contribution in [0.25, 0.3) is 10.9 Å². The molecule has 0 bridgehead atoms. The maximum atomic E-state index is 13.3. The van der Waals surface area contributed by atoms with E-state index in [1.54, 1.807) is 24.1 Å². The number of rotatable bonds is 6. The number of H-pyrrole nitrogens is 1. The highest BCUT2D eigenvalue weighted by Gasteiger charge is 2.25. The van der Waals surface area contributed by atoms with Gasteiger partial charge in [0.05, 0.1) is 30.0 Å². The first-order valence-electron chi connectivity index (χ1n) is 11.0. The molecule has 3 aromatic rings. The predicted octanol–water partition coefficient (Wildman–Crippen LogP) is 3.33. The second-order valence-electron chi connectivity index (χ2n) is 8.66. The van der Waals surface area contributed by atoms with Crippen molar-refractivity contribution in [1.82, 2.24) is 15.1 Å². The van der Waals surface area contributed by atoms with E-state index >= 15 is 0 Å². The van der Waals surface area contributed by atoms with Crippen molar-refractivity contribution in [2.24, 2.45) is 5.92 Å². The number of morpholine rings is 1. The lowest BCUT2D eigenvalue weighted by molar-refractivity contribution is 0.0342. The first-order valence-corrected chi connectivity index (χ1v) is 11.0. The van der Waals surface area contributed by atoms with E-state index in [4.69, 9.17) is 4.74 Å². The van der Waals surface area contributed by atoms with E-state index in [1.165, 1.54) is 12.8 Å². The minimum absolute atomic E-state index is 0.0320. The lowest BCUT2D eigenvalue weighted by Gasteiger charge is -2.27. The van der Waals surface area contributed by atoms with Gasteiger partial charge in [-0.15, -0.1) is 0 Å². The molecule has 2 aromatic carbocycles. The van der Waals surface area contributed by atoms with Crippen LogP contribution in [0.15, 0.2) is 36.4 Å². The molecule has 31 heavy (non-hydrogen) atoms. The van der Waals surface area contributed by atoms with Crippen LogP contribution in [0.4, 0.5) is 5.69 Å². The maximum absolute atomic E-state index is 13.3. The molecule has 0 spiro atoms. The number of aromatic hydroxyl groups is 1. The van der Waals surface area contributed by atoms with Crippen LogP contribution in [-0.2, 0) is 17.7 Å². The molecular weight excluding hydrogens is 392 g/mol. The van der Waals surface area contributed by atoms with Crippen LogP contribution in [0.2, 0.25) is 0 Å². The average Bonchev–Trinajstić information content (AvgIpc) is 3.53. The third-order valence-corrected chi connectivity index (χ3v) is 6.28. The Morgan fingerprint density at radius 3 is 2.84 bits per heavy atom. The molecule has 0 unspecified atom stereocenters. The number of amides is 1. The van der Waals surface area contributed by atoms with Crippen LogP contribution >= 0.6 is 0 Å². The number of aromatic amines is 1. The Labute approximate surface area is 181 Å². The van der Waals surface area contributed by atoms with Gasteiger partial charge in [-0.05, 0) is 48.9 Å². The van der Waals surface area contributed by atoms with Gasteiger partial charge < -0.3 is 14.7 Å². The Hall–Kier alpha value is -2.90. The van der Waals surface area contributed by atoms with Crippen LogP contribution in [0.1, 0.15) is 34.5 Å². The van der Waals surface area contributed by atoms with Gasteiger partial charge in [0.2, 0.25) is 0 Å². The summed E-state index contributed by atoms with van der Waals surface area (Å²) in [6.07, 6.45) is 3.39. The third-order valence-electron chi connectivity index (χ3n) is 6.28. The molecule has 1 aliphatic heterocycles. The van der Waals surface area contributed by atoms with E-state index in [0.717, 1.165) is 67.1 Å². The normalized spacial score (nSPS) is 17.2. The fourth-order valence-electron chi connectivity index (χ4n) is 4.21. The SMILES string of the molecule is CN(C(=O)c1cc2c(CC3CC3)n[nH]c2cc1O)c1cccc(CN2CCOCC2)c1. The largest absolute Gasteiger partial charge is 0.507 e. The van der Waals surface area contributed by atoms with Crippen molar-refractivity contribution in [2.75, 3.05) is 38.3 Å². The molecule has 162 valence electrons. The van der Waals surface area contributed by atoms with E-state index in [-0.39, 0.29) is 11.7 Å². The van der Waals surface area contributed by atoms with Crippen LogP contribution in [0, 0.1) is 5.92 Å². The predicted molar refractivity (Wildman–Crippen MR) is 119 cm³/mol. The number of nitrogens with one attached hydrogen (secondary N) is 1. The minimum atomic E-state index is -0.235. The van der Waals surface area contributed by atoms with Crippen molar-refractivity contribution in [2.45, 2.75) is 25.8 Å². The van der Waals surface area contributed by atoms with Gasteiger partial charge >= 0.3 is 0 Å². The minimum Gasteiger partial charge on any atom is -0.507 e. The van der Waals surface area contributed by atoms with Crippen LogP contribution in [0.3, 0.4) is 0 Å². The summed E-state index contributed by atoms with van der Waals surface area (Å²) in [4.78, 5) is 17.2. The molecule has 0 atom stereocenters.